The minimum Gasteiger partial charge on any atom is -0.307 e. The van der Waals surface area contributed by atoms with Gasteiger partial charge in [0.05, 0.1) is 0 Å². The summed E-state index contributed by atoms with van der Waals surface area (Å²) in [5.41, 5.74) is 1.08. The molecule has 0 aromatic heterocycles. The molecule has 15 heavy (non-hydrogen) atoms. The maximum Gasteiger partial charge on any atom is 0.123 e. The Bertz CT molecular complexity index is 335. The van der Waals surface area contributed by atoms with Crippen LogP contribution in [0.3, 0.4) is 0 Å². The van der Waals surface area contributed by atoms with E-state index in [2.05, 4.69) is 19.2 Å². The summed E-state index contributed by atoms with van der Waals surface area (Å²) >= 11 is 0. The van der Waals surface area contributed by atoms with Crippen LogP contribution in [0.5, 0.6) is 0 Å². The van der Waals surface area contributed by atoms with Crippen LogP contribution in [0.15, 0.2) is 24.3 Å². The fourth-order valence-electron chi connectivity index (χ4n) is 2.28. The number of hydrogen-bond donors (Lipinski definition) is 1. The van der Waals surface area contributed by atoms with Gasteiger partial charge in [-0.25, -0.2) is 4.39 Å². The van der Waals surface area contributed by atoms with Crippen LogP contribution >= 0.6 is 0 Å². The zero-order valence-corrected chi connectivity index (χ0v) is 9.33. The van der Waals surface area contributed by atoms with Crippen molar-refractivity contribution >= 4 is 0 Å². The number of hydrogen-bond acceptors (Lipinski definition) is 1. The Hall–Kier alpha value is -0.890. The van der Waals surface area contributed by atoms with Gasteiger partial charge < -0.3 is 5.32 Å². The fraction of sp³-hybridized carbons (Fsp3) is 0.538. The molecule has 1 saturated heterocycles. The van der Waals surface area contributed by atoms with Crippen LogP contribution in [0, 0.1) is 11.7 Å². The van der Waals surface area contributed by atoms with Gasteiger partial charge in [0.2, 0.25) is 0 Å². The Kier molecular flexibility index (Phi) is 3.06. The van der Waals surface area contributed by atoms with Gasteiger partial charge in [-0.1, -0.05) is 26.0 Å². The molecule has 1 aromatic carbocycles. The second kappa shape index (κ2) is 4.31. The summed E-state index contributed by atoms with van der Waals surface area (Å²) in [5.74, 6) is 0.519. The fourth-order valence-corrected chi connectivity index (χ4v) is 2.28. The Balaban J connectivity index is 2.08. The molecular weight excluding hydrogens is 189 g/mol. The van der Waals surface area contributed by atoms with Gasteiger partial charge in [-0.2, -0.15) is 0 Å². The first-order valence-electron chi connectivity index (χ1n) is 5.68. The third-order valence-electron chi connectivity index (χ3n) is 3.24. The SMILES string of the molecule is CC(C)[C@H]1CC[C@@H](c2cccc(F)c2)N1. The molecule has 1 aliphatic rings. The standard InChI is InChI=1S/C13H18FN/c1-9(2)12-6-7-13(15-12)10-4-3-5-11(14)8-10/h3-5,8-9,12-13,15H,6-7H2,1-2H3/t12-,13+/m1/s1. The van der Waals surface area contributed by atoms with Crippen molar-refractivity contribution < 1.29 is 4.39 Å². The molecule has 1 fully saturated rings. The van der Waals surface area contributed by atoms with E-state index in [-0.39, 0.29) is 5.82 Å². The molecular formula is C13H18FN. The third kappa shape index (κ3) is 2.37. The van der Waals surface area contributed by atoms with E-state index in [1.807, 2.05) is 6.07 Å². The summed E-state index contributed by atoms with van der Waals surface area (Å²) in [7, 11) is 0. The first-order chi connectivity index (χ1) is 7.16. The van der Waals surface area contributed by atoms with Crippen molar-refractivity contribution in [2.24, 2.45) is 5.92 Å². The van der Waals surface area contributed by atoms with E-state index >= 15 is 0 Å². The number of nitrogens with one attached hydrogen (secondary N) is 1. The smallest absolute Gasteiger partial charge is 0.123 e. The van der Waals surface area contributed by atoms with E-state index in [9.17, 15) is 4.39 Å². The van der Waals surface area contributed by atoms with Gasteiger partial charge in [-0.15, -0.1) is 0 Å². The van der Waals surface area contributed by atoms with Gasteiger partial charge in [-0.3, -0.25) is 0 Å². The normalized spacial score (nSPS) is 26.1. The van der Waals surface area contributed by atoms with E-state index in [1.165, 1.54) is 12.5 Å². The minimum absolute atomic E-state index is 0.137. The van der Waals surface area contributed by atoms with Crippen molar-refractivity contribution in [2.45, 2.75) is 38.8 Å². The van der Waals surface area contributed by atoms with Gasteiger partial charge in [0.15, 0.2) is 0 Å². The Morgan fingerprint density at radius 1 is 1.33 bits per heavy atom. The molecule has 0 bridgehead atoms. The molecule has 2 atom stereocenters. The quantitative estimate of drug-likeness (QED) is 0.784. The summed E-state index contributed by atoms with van der Waals surface area (Å²) in [6, 6.07) is 7.85. The predicted octanol–water partition coefficient (Wildman–Crippen LogP) is 3.27. The molecule has 1 aromatic rings. The highest BCUT2D eigenvalue weighted by atomic mass is 19.1. The highest BCUT2D eigenvalue weighted by Gasteiger charge is 2.26. The molecule has 0 unspecified atom stereocenters. The number of rotatable bonds is 2. The molecule has 1 N–H and O–H groups in total. The summed E-state index contributed by atoms with van der Waals surface area (Å²) in [5, 5.41) is 3.57. The van der Waals surface area contributed by atoms with E-state index in [1.54, 1.807) is 12.1 Å². The van der Waals surface area contributed by atoms with Gasteiger partial charge in [-0.05, 0) is 36.5 Å². The van der Waals surface area contributed by atoms with Crippen LogP contribution in [-0.4, -0.2) is 6.04 Å². The van der Waals surface area contributed by atoms with Gasteiger partial charge in [0.25, 0.3) is 0 Å². The average molecular weight is 207 g/mol. The van der Waals surface area contributed by atoms with E-state index in [0.29, 0.717) is 18.0 Å². The molecule has 1 aliphatic heterocycles. The summed E-state index contributed by atoms with van der Waals surface area (Å²) in [6.07, 6.45) is 2.31. The lowest BCUT2D eigenvalue weighted by Crippen LogP contribution is -2.28. The second-order valence-corrected chi connectivity index (χ2v) is 4.70. The van der Waals surface area contributed by atoms with Crippen LogP contribution in [0.25, 0.3) is 0 Å². The molecule has 82 valence electrons. The van der Waals surface area contributed by atoms with Crippen molar-refractivity contribution in [2.75, 3.05) is 0 Å². The molecule has 0 amide bonds. The molecule has 0 spiro atoms. The maximum atomic E-state index is 13.0. The van der Waals surface area contributed by atoms with Crippen LogP contribution in [-0.2, 0) is 0 Å². The summed E-state index contributed by atoms with van der Waals surface area (Å²) in [6.45, 7) is 4.46. The number of benzene rings is 1. The molecule has 2 rings (SSSR count). The zero-order chi connectivity index (χ0) is 10.8. The molecule has 0 saturated carbocycles. The van der Waals surface area contributed by atoms with Crippen LogP contribution in [0.4, 0.5) is 4.39 Å². The van der Waals surface area contributed by atoms with Crippen LogP contribution < -0.4 is 5.32 Å². The molecule has 1 nitrogen and oxygen atoms in total. The van der Waals surface area contributed by atoms with E-state index < -0.39 is 0 Å². The first kappa shape index (κ1) is 10.6. The molecule has 2 heteroatoms. The average Bonchev–Trinajstić information content (AvgIpc) is 2.66. The maximum absolute atomic E-state index is 13.0. The highest BCUT2D eigenvalue weighted by molar-refractivity contribution is 5.21. The van der Waals surface area contributed by atoms with Crippen molar-refractivity contribution in [1.82, 2.24) is 5.32 Å². The van der Waals surface area contributed by atoms with Crippen molar-refractivity contribution in [3.63, 3.8) is 0 Å². The lowest BCUT2D eigenvalue weighted by atomic mass is 10.0. The Morgan fingerprint density at radius 3 is 2.73 bits per heavy atom. The zero-order valence-electron chi connectivity index (χ0n) is 9.33. The third-order valence-corrected chi connectivity index (χ3v) is 3.24. The highest BCUT2D eigenvalue weighted by Crippen LogP contribution is 2.29. The van der Waals surface area contributed by atoms with E-state index in [4.69, 9.17) is 0 Å². The van der Waals surface area contributed by atoms with Crippen LogP contribution in [0.1, 0.15) is 38.3 Å². The van der Waals surface area contributed by atoms with Gasteiger partial charge >= 0.3 is 0 Å². The van der Waals surface area contributed by atoms with Gasteiger partial charge in [0.1, 0.15) is 5.82 Å². The van der Waals surface area contributed by atoms with Crippen molar-refractivity contribution in [3.8, 4) is 0 Å². The van der Waals surface area contributed by atoms with Gasteiger partial charge in [0, 0.05) is 12.1 Å². The summed E-state index contributed by atoms with van der Waals surface area (Å²) in [4.78, 5) is 0. The molecule has 0 aliphatic carbocycles. The largest absolute Gasteiger partial charge is 0.307 e. The Morgan fingerprint density at radius 2 is 2.13 bits per heavy atom. The predicted molar refractivity (Wildman–Crippen MR) is 60.1 cm³/mol. The first-order valence-corrected chi connectivity index (χ1v) is 5.68. The molecule has 0 radical (unpaired) electrons. The lowest BCUT2D eigenvalue weighted by molar-refractivity contribution is 0.432. The van der Waals surface area contributed by atoms with Crippen LogP contribution in [0.2, 0.25) is 0 Å². The summed E-state index contributed by atoms with van der Waals surface area (Å²) < 4.78 is 13.0. The Labute approximate surface area is 90.7 Å². The topological polar surface area (TPSA) is 12.0 Å². The van der Waals surface area contributed by atoms with E-state index in [0.717, 1.165) is 12.0 Å². The molecule has 1 heterocycles. The van der Waals surface area contributed by atoms with Crippen molar-refractivity contribution in [1.29, 1.82) is 0 Å². The monoisotopic (exact) mass is 207 g/mol. The number of halogens is 1. The van der Waals surface area contributed by atoms with Crippen molar-refractivity contribution in [3.05, 3.63) is 35.6 Å². The minimum atomic E-state index is -0.137. The lowest BCUT2D eigenvalue weighted by Gasteiger charge is -2.17. The second-order valence-electron chi connectivity index (χ2n) is 4.70.